The lowest BCUT2D eigenvalue weighted by Gasteiger charge is -2.24. The number of rotatable bonds is 4. The van der Waals surface area contributed by atoms with Gasteiger partial charge in [0.2, 0.25) is 0 Å². The Morgan fingerprint density at radius 2 is 1.90 bits per heavy atom. The first-order valence-electron chi connectivity index (χ1n) is 9.14. The summed E-state index contributed by atoms with van der Waals surface area (Å²) < 4.78 is 33.8. The number of benzene rings is 1. The van der Waals surface area contributed by atoms with Gasteiger partial charge < -0.3 is 0 Å². The van der Waals surface area contributed by atoms with E-state index >= 15 is 0 Å². The molecule has 0 amide bonds. The normalized spacial score (nSPS) is 15.0. The van der Waals surface area contributed by atoms with Crippen LogP contribution in [0.25, 0.3) is 16.6 Å². The standard InChI is InChI=1S/C18H20N8O2S/c1-23-6-7-25-17(12-23)16(10-21-25)26-11-14(9-20-26)29(27,28)22-15-5-3-4-13-8-19-24(2)18(13)15/h3-5,8-11,22H,6-7,12H2,1-2H3. The minimum absolute atomic E-state index is 0.0841. The highest BCUT2D eigenvalue weighted by atomic mass is 32.2. The Labute approximate surface area is 167 Å². The summed E-state index contributed by atoms with van der Waals surface area (Å²) in [5, 5.41) is 13.7. The summed E-state index contributed by atoms with van der Waals surface area (Å²) >= 11 is 0. The number of hydrogen-bond acceptors (Lipinski definition) is 6. The van der Waals surface area contributed by atoms with Crippen LogP contribution in [0, 0.1) is 0 Å². The number of nitrogens with zero attached hydrogens (tertiary/aromatic N) is 7. The summed E-state index contributed by atoms with van der Waals surface area (Å²) in [7, 11) is 0.00625. The SMILES string of the molecule is CN1CCn2ncc(-n3cc(S(=O)(=O)Nc4cccc5cnn(C)c45)cn3)c2C1. The third kappa shape index (κ3) is 2.98. The molecular formula is C18H20N8O2S. The molecule has 0 radical (unpaired) electrons. The molecule has 1 aliphatic rings. The van der Waals surface area contributed by atoms with Gasteiger partial charge in [0.1, 0.15) is 10.6 Å². The summed E-state index contributed by atoms with van der Waals surface area (Å²) in [6.45, 7) is 2.46. The van der Waals surface area contributed by atoms with Crippen molar-refractivity contribution in [3.8, 4) is 5.69 Å². The molecule has 0 aliphatic carbocycles. The Hall–Kier alpha value is -3.18. The number of aryl methyl sites for hydroxylation is 1. The first kappa shape index (κ1) is 17.9. The van der Waals surface area contributed by atoms with E-state index < -0.39 is 10.0 Å². The van der Waals surface area contributed by atoms with Crippen molar-refractivity contribution in [3.05, 3.63) is 48.7 Å². The monoisotopic (exact) mass is 412 g/mol. The Kier molecular flexibility index (Phi) is 3.96. The molecule has 0 atom stereocenters. The van der Waals surface area contributed by atoms with Crippen molar-refractivity contribution in [2.75, 3.05) is 18.3 Å². The first-order chi connectivity index (χ1) is 13.9. The van der Waals surface area contributed by atoms with Crippen LogP contribution >= 0.6 is 0 Å². The highest BCUT2D eigenvalue weighted by molar-refractivity contribution is 7.92. The fourth-order valence-corrected chi connectivity index (χ4v) is 4.64. The molecule has 1 aliphatic heterocycles. The second kappa shape index (κ2) is 6.42. The lowest BCUT2D eigenvalue weighted by atomic mass is 10.2. The van der Waals surface area contributed by atoms with Gasteiger partial charge in [-0.25, -0.2) is 13.1 Å². The molecule has 10 nitrogen and oxygen atoms in total. The van der Waals surface area contributed by atoms with Gasteiger partial charge in [0.05, 0.1) is 48.2 Å². The van der Waals surface area contributed by atoms with Crippen molar-refractivity contribution < 1.29 is 8.42 Å². The van der Waals surface area contributed by atoms with Crippen molar-refractivity contribution in [1.82, 2.24) is 34.2 Å². The number of nitrogens with one attached hydrogen (secondary N) is 1. The van der Waals surface area contributed by atoms with E-state index in [0.29, 0.717) is 5.69 Å². The molecule has 5 rings (SSSR count). The molecule has 29 heavy (non-hydrogen) atoms. The molecule has 0 spiro atoms. The van der Waals surface area contributed by atoms with Gasteiger partial charge >= 0.3 is 0 Å². The quantitative estimate of drug-likeness (QED) is 0.540. The van der Waals surface area contributed by atoms with Gasteiger partial charge in [-0.2, -0.15) is 15.3 Å². The Bertz CT molecular complexity index is 1320. The van der Waals surface area contributed by atoms with E-state index in [1.54, 1.807) is 40.9 Å². The number of para-hydroxylation sites is 1. The van der Waals surface area contributed by atoms with Crippen molar-refractivity contribution in [1.29, 1.82) is 0 Å². The number of hydrogen-bond donors (Lipinski definition) is 1. The fourth-order valence-electron chi connectivity index (χ4n) is 3.64. The first-order valence-corrected chi connectivity index (χ1v) is 10.6. The topological polar surface area (TPSA) is 103 Å². The van der Waals surface area contributed by atoms with Gasteiger partial charge in [0, 0.05) is 25.5 Å². The molecule has 0 saturated heterocycles. The van der Waals surface area contributed by atoms with E-state index in [2.05, 4.69) is 24.9 Å². The van der Waals surface area contributed by atoms with Crippen LogP contribution in [0.5, 0.6) is 0 Å². The zero-order chi connectivity index (χ0) is 20.2. The number of anilines is 1. The molecule has 1 aromatic carbocycles. The predicted octanol–water partition coefficient (Wildman–Crippen LogP) is 1.20. The van der Waals surface area contributed by atoms with E-state index in [1.807, 2.05) is 17.8 Å². The zero-order valence-corrected chi connectivity index (χ0v) is 16.8. The van der Waals surface area contributed by atoms with Crippen LogP contribution in [0.1, 0.15) is 5.69 Å². The summed E-state index contributed by atoms with van der Waals surface area (Å²) in [6.07, 6.45) is 6.29. The molecule has 11 heteroatoms. The van der Waals surface area contributed by atoms with Crippen LogP contribution in [0.4, 0.5) is 5.69 Å². The van der Waals surface area contributed by atoms with Gasteiger partial charge in [-0.3, -0.25) is 19.0 Å². The number of aromatic nitrogens is 6. The third-order valence-electron chi connectivity index (χ3n) is 5.16. The summed E-state index contributed by atoms with van der Waals surface area (Å²) in [5.74, 6) is 0. The molecule has 0 fully saturated rings. The van der Waals surface area contributed by atoms with Crippen LogP contribution in [0.15, 0.2) is 47.9 Å². The molecule has 150 valence electrons. The highest BCUT2D eigenvalue weighted by Crippen LogP contribution is 2.26. The summed E-state index contributed by atoms with van der Waals surface area (Å²) in [4.78, 5) is 2.28. The van der Waals surface area contributed by atoms with E-state index in [4.69, 9.17) is 0 Å². The van der Waals surface area contributed by atoms with Crippen LogP contribution in [-0.4, -0.2) is 56.3 Å². The van der Waals surface area contributed by atoms with Gasteiger partial charge in [-0.05, 0) is 13.1 Å². The smallest absolute Gasteiger partial charge is 0.265 e. The third-order valence-corrected chi connectivity index (χ3v) is 6.48. The molecule has 4 heterocycles. The summed E-state index contributed by atoms with van der Waals surface area (Å²) in [5.41, 5.74) is 2.99. The largest absolute Gasteiger partial charge is 0.299 e. The fraction of sp³-hybridized carbons (Fsp3) is 0.278. The lowest BCUT2D eigenvalue weighted by Crippen LogP contribution is -2.31. The van der Waals surface area contributed by atoms with Gasteiger partial charge in [-0.1, -0.05) is 12.1 Å². The maximum atomic E-state index is 13.0. The van der Waals surface area contributed by atoms with E-state index in [9.17, 15) is 8.42 Å². The molecule has 4 aromatic rings. The van der Waals surface area contributed by atoms with Crippen molar-refractivity contribution >= 4 is 26.6 Å². The lowest BCUT2D eigenvalue weighted by molar-refractivity contribution is 0.258. The summed E-state index contributed by atoms with van der Waals surface area (Å²) in [6, 6.07) is 5.40. The van der Waals surface area contributed by atoms with E-state index in [0.717, 1.165) is 41.9 Å². The average Bonchev–Trinajstić information content (AvgIpc) is 3.40. The molecule has 3 aromatic heterocycles. The van der Waals surface area contributed by atoms with Crippen LogP contribution in [0.3, 0.4) is 0 Å². The predicted molar refractivity (Wildman–Crippen MR) is 107 cm³/mol. The minimum atomic E-state index is -3.81. The Morgan fingerprint density at radius 1 is 1.03 bits per heavy atom. The number of fused-ring (bicyclic) bond motifs is 2. The van der Waals surface area contributed by atoms with Crippen molar-refractivity contribution in [2.45, 2.75) is 18.0 Å². The molecule has 1 N–H and O–H groups in total. The Morgan fingerprint density at radius 3 is 2.76 bits per heavy atom. The molecule has 0 unspecified atom stereocenters. The maximum absolute atomic E-state index is 13.0. The van der Waals surface area contributed by atoms with Gasteiger partial charge in [0.15, 0.2) is 0 Å². The van der Waals surface area contributed by atoms with Gasteiger partial charge in [0.25, 0.3) is 10.0 Å². The minimum Gasteiger partial charge on any atom is -0.299 e. The molecular weight excluding hydrogens is 392 g/mol. The molecule has 0 bridgehead atoms. The van der Waals surface area contributed by atoms with E-state index in [1.165, 1.54) is 12.4 Å². The number of sulfonamides is 1. The van der Waals surface area contributed by atoms with Crippen molar-refractivity contribution in [3.63, 3.8) is 0 Å². The second-order valence-electron chi connectivity index (χ2n) is 7.18. The van der Waals surface area contributed by atoms with Crippen molar-refractivity contribution in [2.24, 2.45) is 7.05 Å². The second-order valence-corrected chi connectivity index (χ2v) is 8.86. The highest BCUT2D eigenvalue weighted by Gasteiger charge is 2.23. The molecule has 0 saturated carbocycles. The van der Waals surface area contributed by atoms with Gasteiger partial charge in [-0.15, -0.1) is 0 Å². The zero-order valence-electron chi connectivity index (χ0n) is 16.0. The van der Waals surface area contributed by atoms with Crippen LogP contribution in [0.2, 0.25) is 0 Å². The average molecular weight is 412 g/mol. The number of likely N-dealkylation sites (N-methyl/N-ethyl adjacent to an activating group) is 1. The Balaban J connectivity index is 1.49. The maximum Gasteiger partial charge on any atom is 0.265 e. The van der Waals surface area contributed by atoms with Crippen LogP contribution in [-0.2, 0) is 30.2 Å². The van der Waals surface area contributed by atoms with E-state index in [-0.39, 0.29) is 4.90 Å². The van der Waals surface area contributed by atoms with Crippen LogP contribution < -0.4 is 4.72 Å².